The van der Waals surface area contributed by atoms with Crippen molar-refractivity contribution in [2.75, 3.05) is 0 Å². The third-order valence-corrected chi connectivity index (χ3v) is 0.683. The number of hydrogen-bond donors (Lipinski definition) is 1. The van der Waals surface area contributed by atoms with Crippen molar-refractivity contribution >= 4 is 0 Å². The summed E-state index contributed by atoms with van der Waals surface area (Å²) in [6.07, 6.45) is -1.91. The number of rotatable bonds is 0. The highest BCUT2D eigenvalue weighted by atomic mass is 19.3. The van der Waals surface area contributed by atoms with Crippen molar-refractivity contribution < 1.29 is 18.6 Å². The molecule has 4 heteroatoms. The zero-order valence-electron chi connectivity index (χ0n) is 3.27. The normalized spacial score (nSPS) is 36.1. The first-order valence-corrected chi connectivity index (χ1v) is 1.68. The molecule has 0 aromatic rings. The predicted molar refractivity (Wildman–Crippen MR) is 16.3 cm³/mol. The summed E-state index contributed by atoms with van der Waals surface area (Å²) in [4.78, 5) is 0. The molecule has 2 nitrogen and oxygen atoms in total. The molecule has 7 heavy (non-hydrogen) atoms. The van der Waals surface area contributed by atoms with Gasteiger partial charge >= 0.3 is 18.8 Å². The van der Waals surface area contributed by atoms with E-state index < -0.39 is 12.2 Å². The summed E-state index contributed by atoms with van der Waals surface area (Å²) in [7, 11) is 0. The van der Waals surface area contributed by atoms with Crippen LogP contribution in [0.5, 0.6) is 0 Å². The summed E-state index contributed by atoms with van der Waals surface area (Å²) in [6, 6.07) is 0. The Hall–Kier alpha value is -0.350. The quantitative estimate of drug-likeness (QED) is 0.448. The van der Waals surface area contributed by atoms with E-state index in [0.29, 0.717) is 6.61 Å². The van der Waals surface area contributed by atoms with Crippen LogP contribution in [0.1, 0.15) is 0 Å². The maximum absolute atomic E-state index is 11.5. The van der Waals surface area contributed by atoms with Crippen LogP contribution in [0, 0.1) is 6.61 Å². The summed E-state index contributed by atoms with van der Waals surface area (Å²) in [5.74, 6) is -3.11. The summed E-state index contributed by atoms with van der Waals surface area (Å²) < 4.78 is 26.8. The van der Waals surface area contributed by atoms with Gasteiger partial charge in [-0.05, 0) is 0 Å². The van der Waals surface area contributed by atoms with Gasteiger partial charge in [-0.3, -0.25) is 0 Å². The topological polar surface area (TPSA) is 29.5 Å². The minimum atomic E-state index is -3.11. The molecular weight excluding hydrogens is 106 g/mol. The zero-order chi connectivity index (χ0) is 5.49. The van der Waals surface area contributed by atoms with Crippen LogP contribution in [0.2, 0.25) is 0 Å². The van der Waals surface area contributed by atoms with Gasteiger partial charge in [0.05, 0.1) is 0 Å². The van der Waals surface area contributed by atoms with Gasteiger partial charge in [0.25, 0.3) is 0 Å². The Morgan fingerprint density at radius 2 is 2.14 bits per heavy atom. The summed E-state index contributed by atoms with van der Waals surface area (Å²) in [5.41, 5.74) is 0. The van der Waals surface area contributed by atoms with E-state index in [1.165, 1.54) is 0 Å². The van der Waals surface area contributed by atoms with Gasteiger partial charge in [-0.2, -0.15) is 8.78 Å². The average molecular weight is 109 g/mol. The second kappa shape index (κ2) is 1.08. The molecule has 0 saturated carbocycles. The smallest absolute Gasteiger partial charge is 0.356 e. The monoisotopic (exact) mass is 109 g/mol. The van der Waals surface area contributed by atoms with Crippen LogP contribution in [0.4, 0.5) is 8.78 Å². The third kappa shape index (κ3) is 0.555. The van der Waals surface area contributed by atoms with E-state index in [1.807, 2.05) is 0 Å². The molecule has 1 aliphatic rings. The number of aliphatic hydroxyl groups excluding tert-OH is 1. The van der Waals surface area contributed by atoms with Gasteiger partial charge < -0.3 is 5.11 Å². The molecule has 1 rings (SSSR count). The number of hydrogen-bond acceptors (Lipinski definition) is 2. The first kappa shape index (κ1) is 4.80. The molecular formula is C3H3F2O2+. The lowest BCUT2D eigenvalue weighted by molar-refractivity contribution is -0.303. The van der Waals surface area contributed by atoms with Gasteiger partial charge in [0.1, 0.15) is 0 Å². The zero-order valence-corrected chi connectivity index (χ0v) is 3.27. The highest BCUT2D eigenvalue weighted by Gasteiger charge is 2.62. The molecule has 0 aromatic heterocycles. The van der Waals surface area contributed by atoms with Crippen LogP contribution in [-0.2, 0) is 4.74 Å². The first-order valence-electron chi connectivity index (χ1n) is 1.68. The Bertz CT molecular complexity index is 83.0. The van der Waals surface area contributed by atoms with Crippen LogP contribution >= 0.6 is 0 Å². The lowest BCUT2D eigenvalue weighted by Crippen LogP contribution is -2.46. The van der Waals surface area contributed by atoms with Gasteiger partial charge in [-0.25, -0.2) is 0 Å². The van der Waals surface area contributed by atoms with Gasteiger partial charge in [0.15, 0.2) is 0 Å². The molecule has 0 amide bonds. The molecule has 1 heterocycles. The van der Waals surface area contributed by atoms with E-state index in [2.05, 4.69) is 4.74 Å². The SMILES string of the molecule is OC1O[CH+]C1(F)F. The van der Waals surface area contributed by atoms with Gasteiger partial charge in [0.2, 0.25) is 0 Å². The van der Waals surface area contributed by atoms with Crippen molar-refractivity contribution in [3.63, 3.8) is 0 Å². The van der Waals surface area contributed by atoms with E-state index in [0.717, 1.165) is 0 Å². The Labute approximate surface area is 38.7 Å². The van der Waals surface area contributed by atoms with Crippen molar-refractivity contribution in [3.8, 4) is 0 Å². The Kier molecular flexibility index (Phi) is 0.739. The van der Waals surface area contributed by atoms with Crippen molar-refractivity contribution in [2.45, 2.75) is 12.2 Å². The second-order valence-electron chi connectivity index (χ2n) is 1.28. The number of ether oxygens (including phenoxy) is 1. The fourth-order valence-corrected chi connectivity index (χ4v) is 0.232. The highest BCUT2D eigenvalue weighted by Crippen LogP contribution is 2.33. The van der Waals surface area contributed by atoms with Crippen LogP contribution in [-0.4, -0.2) is 17.3 Å². The highest BCUT2D eigenvalue weighted by molar-refractivity contribution is 4.88. The molecule has 1 unspecified atom stereocenters. The number of alkyl halides is 2. The van der Waals surface area contributed by atoms with E-state index in [9.17, 15) is 8.78 Å². The Balaban J connectivity index is 2.43. The van der Waals surface area contributed by atoms with E-state index in [4.69, 9.17) is 5.11 Å². The van der Waals surface area contributed by atoms with Crippen LogP contribution in [0.15, 0.2) is 0 Å². The van der Waals surface area contributed by atoms with Gasteiger partial charge in [0, 0.05) is 0 Å². The summed E-state index contributed by atoms with van der Waals surface area (Å²) >= 11 is 0. The molecule has 0 aromatic carbocycles. The molecule has 0 spiro atoms. The molecule has 1 aliphatic heterocycles. The van der Waals surface area contributed by atoms with Crippen molar-refractivity contribution in [1.82, 2.24) is 0 Å². The molecule has 1 fully saturated rings. The molecule has 0 radical (unpaired) electrons. The van der Waals surface area contributed by atoms with Gasteiger partial charge in [-0.15, -0.1) is 4.74 Å². The average Bonchev–Trinajstić information content (AvgIpc) is 1.63. The standard InChI is InChI=1S/C3H3F2O2/c4-3(5)1-7-2(3)6/h1-2,6H/q+1. The number of halogens is 2. The minimum absolute atomic E-state index is 0.303. The Morgan fingerprint density at radius 3 is 2.14 bits per heavy atom. The van der Waals surface area contributed by atoms with Gasteiger partial charge in [-0.1, -0.05) is 0 Å². The second-order valence-corrected chi connectivity index (χ2v) is 1.28. The molecule has 1 saturated heterocycles. The summed E-state index contributed by atoms with van der Waals surface area (Å²) in [5, 5.41) is 7.97. The van der Waals surface area contributed by atoms with Crippen LogP contribution in [0.25, 0.3) is 0 Å². The molecule has 1 atom stereocenters. The molecule has 40 valence electrons. The fourth-order valence-electron chi connectivity index (χ4n) is 0.232. The third-order valence-electron chi connectivity index (χ3n) is 0.683. The molecule has 0 aliphatic carbocycles. The first-order chi connectivity index (χ1) is 3.13. The number of aliphatic hydroxyl groups is 1. The maximum Gasteiger partial charge on any atom is 0.475 e. The lowest BCUT2D eigenvalue weighted by atomic mass is 10.3. The van der Waals surface area contributed by atoms with Crippen molar-refractivity contribution in [2.24, 2.45) is 0 Å². The van der Waals surface area contributed by atoms with E-state index in [1.54, 1.807) is 0 Å². The molecule has 0 bridgehead atoms. The van der Waals surface area contributed by atoms with E-state index >= 15 is 0 Å². The summed E-state index contributed by atoms with van der Waals surface area (Å²) in [6.45, 7) is 0.303. The van der Waals surface area contributed by atoms with Crippen molar-refractivity contribution in [3.05, 3.63) is 6.61 Å². The van der Waals surface area contributed by atoms with E-state index in [-0.39, 0.29) is 0 Å². The van der Waals surface area contributed by atoms with Crippen LogP contribution < -0.4 is 0 Å². The molecule has 1 N–H and O–H groups in total. The largest absolute Gasteiger partial charge is 0.475 e. The van der Waals surface area contributed by atoms with Crippen molar-refractivity contribution in [1.29, 1.82) is 0 Å². The predicted octanol–water partition coefficient (Wildman–Crippen LogP) is 0.132. The minimum Gasteiger partial charge on any atom is -0.356 e. The lowest BCUT2D eigenvalue weighted by Gasteiger charge is -2.18. The maximum atomic E-state index is 11.5. The van der Waals surface area contributed by atoms with Crippen LogP contribution in [0.3, 0.4) is 0 Å². The fraction of sp³-hybridized carbons (Fsp3) is 0.667. The Morgan fingerprint density at radius 1 is 1.71 bits per heavy atom.